The molecule has 0 saturated heterocycles. The fraction of sp³-hybridized carbons (Fsp3) is 0.500. The molecule has 0 spiro atoms. The molecule has 1 aliphatic heterocycles. The van der Waals surface area contributed by atoms with Gasteiger partial charge in [0, 0.05) is 10.6 Å². The fourth-order valence-corrected chi connectivity index (χ4v) is 3.17. The maximum absolute atomic E-state index is 5.60. The van der Waals surface area contributed by atoms with Crippen LogP contribution < -0.4 is 10.5 Å². The predicted octanol–water partition coefficient (Wildman–Crippen LogP) is 2.31. The van der Waals surface area contributed by atoms with E-state index in [2.05, 4.69) is 12.1 Å². The van der Waals surface area contributed by atoms with Gasteiger partial charge in [-0.1, -0.05) is 0 Å². The molecule has 0 amide bonds. The standard InChI is InChI=1S/C12H17NOS/c1-14-11-2-3-12-10(7-11)6-9(4-5-13)8-15-12/h2-3,7,9H,4-6,8,13H2,1H3. The van der Waals surface area contributed by atoms with Gasteiger partial charge in [0.25, 0.3) is 0 Å². The molecule has 1 aliphatic rings. The summed E-state index contributed by atoms with van der Waals surface area (Å²) in [5, 5.41) is 0. The van der Waals surface area contributed by atoms with Gasteiger partial charge in [-0.2, -0.15) is 0 Å². The first kappa shape index (κ1) is 10.8. The van der Waals surface area contributed by atoms with E-state index in [0.29, 0.717) is 0 Å². The number of benzene rings is 1. The smallest absolute Gasteiger partial charge is 0.119 e. The number of rotatable bonds is 3. The molecular formula is C12H17NOS. The molecule has 3 heteroatoms. The third-order valence-electron chi connectivity index (χ3n) is 2.83. The highest BCUT2D eigenvalue weighted by molar-refractivity contribution is 7.99. The van der Waals surface area contributed by atoms with Gasteiger partial charge < -0.3 is 10.5 Å². The van der Waals surface area contributed by atoms with Crippen LogP contribution in [0.15, 0.2) is 23.1 Å². The van der Waals surface area contributed by atoms with E-state index in [0.717, 1.165) is 31.1 Å². The van der Waals surface area contributed by atoms with Crippen LogP contribution in [-0.2, 0) is 6.42 Å². The normalized spacial score (nSPS) is 19.7. The number of fused-ring (bicyclic) bond motifs is 1. The summed E-state index contributed by atoms with van der Waals surface area (Å²) in [7, 11) is 1.72. The van der Waals surface area contributed by atoms with Crippen LogP contribution in [0, 0.1) is 5.92 Å². The Kier molecular flexibility index (Phi) is 3.54. The summed E-state index contributed by atoms with van der Waals surface area (Å²) in [6, 6.07) is 6.36. The number of thioether (sulfide) groups is 1. The molecule has 2 rings (SSSR count). The van der Waals surface area contributed by atoms with E-state index in [4.69, 9.17) is 10.5 Å². The average Bonchev–Trinajstić information content (AvgIpc) is 2.28. The molecule has 1 atom stereocenters. The number of hydrogen-bond donors (Lipinski definition) is 1. The molecule has 1 unspecified atom stereocenters. The highest BCUT2D eigenvalue weighted by atomic mass is 32.2. The van der Waals surface area contributed by atoms with Gasteiger partial charge in [0.2, 0.25) is 0 Å². The van der Waals surface area contributed by atoms with Crippen molar-refractivity contribution in [3.05, 3.63) is 23.8 Å². The maximum atomic E-state index is 5.60. The van der Waals surface area contributed by atoms with Crippen molar-refractivity contribution in [1.82, 2.24) is 0 Å². The molecule has 1 aromatic carbocycles. The highest BCUT2D eigenvalue weighted by Gasteiger charge is 2.18. The first-order valence-electron chi connectivity index (χ1n) is 5.33. The van der Waals surface area contributed by atoms with Gasteiger partial charge in [-0.15, -0.1) is 11.8 Å². The number of nitrogens with two attached hydrogens (primary N) is 1. The molecular weight excluding hydrogens is 206 g/mol. The molecule has 0 radical (unpaired) electrons. The van der Waals surface area contributed by atoms with Crippen LogP contribution in [0.5, 0.6) is 5.75 Å². The molecule has 0 bridgehead atoms. The summed E-state index contributed by atoms with van der Waals surface area (Å²) >= 11 is 1.94. The molecule has 0 fully saturated rings. The minimum atomic E-state index is 0.736. The zero-order chi connectivity index (χ0) is 10.7. The lowest BCUT2D eigenvalue weighted by atomic mass is 9.97. The summed E-state index contributed by atoms with van der Waals surface area (Å²) in [6.07, 6.45) is 2.28. The van der Waals surface area contributed by atoms with E-state index in [1.165, 1.54) is 16.2 Å². The summed E-state index contributed by atoms with van der Waals surface area (Å²) in [5.74, 6) is 2.90. The van der Waals surface area contributed by atoms with Gasteiger partial charge in [0.1, 0.15) is 5.75 Å². The van der Waals surface area contributed by atoms with Crippen molar-refractivity contribution in [2.75, 3.05) is 19.4 Å². The van der Waals surface area contributed by atoms with Crippen LogP contribution in [-0.4, -0.2) is 19.4 Å². The largest absolute Gasteiger partial charge is 0.497 e. The Morgan fingerprint density at radius 3 is 3.13 bits per heavy atom. The lowest BCUT2D eigenvalue weighted by molar-refractivity contribution is 0.413. The topological polar surface area (TPSA) is 35.2 Å². The van der Waals surface area contributed by atoms with Gasteiger partial charge >= 0.3 is 0 Å². The van der Waals surface area contributed by atoms with Crippen molar-refractivity contribution in [2.45, 2.75) is 17.7 Å². The van der Waals surface area contributed by atoms with Crippen LogP contribution >= 0.6 is 11.8 Å². The van der Waals surface area contributed by atoms with Gasteiger partial charge in [0.15, 0.2) is 0 Å². The average molecular weight is 223 g/mol. The number of methoxy groups -OCH3 is 1. The molecule has 0 saturated carbocycles. The first-order valence-corrected chi connectivity index (χ1v) is 6.32. The molecule has 15 heavy (non-hydrogen) atoms. The summed E-state index contributed by atoms with van der Waals surface area (Å²) in [4.78, 5) is 1.41. The van der Waals surface area contributed by atoms with Gasteiger partial charge in [0.05, 0.1) is 7.11 Å². The number of ether oxygens (including phenoxy) is 1. The van der Waals surface area contributed by atoms with E-state index in [9.17, 15) is 0 Å². The Morgan fingerprint density at radius 2 is 2.40 bits per heavy atom. The summed E-state index contributed by atoms with van der Waals surface area (Å²) in [5.41, 5.74) is 7.02. The second kappa shape index (κ2) is 4.90. The Morgan fingerprint density at radius 1 is 1.53 bits per heavy atom. The fourth-order valence-electron chi connectivity index (χ4n) is 1.98. The Bertz CT molecular complexity index is 340. The van der Waals surface area contributed by atoms with Gasteiger partial charge in [-0.3, -0.25) is 0 Å². The monoisotopic (exact) mass is 223 g/mol. The highest BCUT2D eigenvalue weighted by Crippen LogP contribution is 2.35. The van der Waals surface area contributed by atoms with Crippen molar-refractivity contribution in [3.63, 3.8) is 0 Å². The minimum Gasteiger partial charge on any atom is -0.497 e. The molecule has 2 nitrogen and oxygen atoms in total. The maximum Gasteiger partial charge on any atom is 0.119 e. The first-order chi connectivity index (χ1) is 7.33. The second-order valence-electron chi connectivity index (χ2n) is 3.93. The zero-order valence-electron chi connectivity index (χ0n) is 9.03. The van der Waals surface area contributed by atoms with Crippen LogP contribution in [0.2, 0.25) is 0 Å². The van der Waals surface area contributed by atoms with E-state index in [1.54, 1.807) is 7.11 Å². The van der Waals surface area contributed by atoms with Crippen molar-refractivity contribution < 1.29 is 4.74 Å². The third kappa shape index (κ3) is 2.47. The predicted molar refractivity (Wildman–Crippen MR) is 64.6 cm³/mol. The van der Waals surface area contributed by atoms with Gasteiger partial charge in [-0.05, 0) is 49.1 Å². The lowest BCUT2D eigenvalue weighted by Crippen LogP contribution is -2.17. The Balaban J connectivity index is 2.16. The van der Waals surface area contributed by atoms with E-state index in [1.807, 2.05) is 17.8 Å². The van der Waals surface area contributed by atoms with E-state index in [-0.39, 0.29) is 0 Å². The molecule has 0 aromatic heterocycles. The SMILES string of the molecule is COc1ccc2c(c1)CC(CCN)CS2. The third-order valence-corrected chi connectivity index (χ3v) is 4.17. The zero-order valence-corrected chi connectivity index (χ0v) is 9.85. The number of hydrogen-bond acceptors (Lipinski definition) is 3. The second-order valence-corrected chi connectivity index (χ2v) is 4.99. The van der Waals surface area contributed by atoms with Crippen molar-refractivity contribution in [3.8, 4) is 5.75 Å². The Hall–Kier alpha value is -0.670. The molecule has 1 heterocycles. The van der Waals surface area contributed by atoms with Crippen molar-refractivity contribution >= 4 is 11.8 Å². The van der Waals surface area contributed by atoms with E-state index >= 15 is 0 Å². The molecule has 2 N–H and O–H groups in total. The summed E-state index contributed by atoms with van der Waals surface area (Å²) < 4.78 is 5.24. The van der Waals surface area contributed by atoms with Gasteiger partial charge in [-0.25, -0.2) is 0 Å². The van der Waals surface area contributed by atoms with E-state index < -0.39 is 0 Å². The lowest BCUT2D eigenvalue weighted by Gasteiger charge is -2.23. The summed E-state index contributed by atoms with van der Waals surface area (Å²) in [6.45, 7) is 0.796. The van der Waals surface area contributed by atoms with Crippen LogP contribution in [0.25, 0.3) is 0 Å². The van der Waals surface area contributed by atoms with Crippen molar-refractivity contribution in [1.29, 1.82) is 0 Å². The van der Waals surface area contributed by atoms with Crippen LogP contribution in [0.3, 0.4) is 0 Å². The van der Waals surface area contributed by atoms with Crippen molar-refractivity contribution in [2.24, 2.45) is 11.7 Å². The molecule has 1 aromatic rings. The van der Waals surface area contributed by atoms with Crippen LogP contribution in [0.1, 0.15) is 12.0 Å². The van der Waals surface area contributed by atoms with Crippen LogP contribution in [0.4, 0.5) is 0 Å². The Labute approximate surface area is 95.2 Å². The molecule has 0 aliphatic carbocycles. The molecule has 82 valence electrons. The quantitative estimate of drug-likeness (QED) is 0.854. The minimum absolute atomic E-state index is 0.736.